The molecule has 0 radical (unpaired) electrons. The van der Waals surface area contributed by atoms with Crippen LogP contribution in [0.4, 0.5) is 0 Å². The van der Waals surface area contributed by atoms with Crippen LogP contribution in [0.25, 0.3) is 0 Å². The van der Waals surface area contributed by atoms with E-state index in [4.69, 9.17) is 0 Å². The topological polar surface area (TPSA) is 15.3 Å². The van der Waals surface area contributed by atoms with E-state index in [0.717, 1.165) is 18.4 Å². The van der Waals surface area contributed by atoms with Crippen molar-refractivity contribution in [2.75, 3.05) is 26.2 Å². The smallest absolute Gasteiger partial charge is 0.0452 e. The number of fused-ring (bicyclic) bond motifs is 1. The van der Waals surface area contributed by atoms with Gasteiger partial charge in [-0.15, -0.1) is 0 Å². The van der Waals surface area contributed by atoms with Gasteiger partial charge in [-0.1, -0.05) is 38.1 Å². The van der Waals surface area contributed by atoms with Crippen LogP contribution in [-0.4, -0.2) is 31.1 Å². The maximum atomic E-state index is 3.69. The Morgan fingerprint density at radius 3 is 2.67 bits per heavy atom. The third-order valence-electron chi connectivity index (χ3n) is 4.72. The van der Waals surface area contributed by atoms with Crippen LogP contribution in [0.5, 0.6) is 0 Å². The maximum Gasteiger partial charge on any atom is 0.0452 e. The van der Waals surface area contributed by atoms with Crippen molar-refractivity contribution in [2.45, 2.75) is 26.3 Å². The molecule has 0 spiro atoms. The minimum Gasteiger partial charge on any atom is -0.309 e. The van der Waals surface area contributed by atoms with E-state index in [1.807, 2.05) is 0 Å². The first kappa shape index (κ1) is 12.2. The van der Waals surface area contributed by atoms with Crippen molar-refractivity contribution in [3.8, 4) is 0 Å². The summed E-state index contributed by atoms with van der Waals surface area (Å²) >= 11 is 0. The molecular weight excluding hydrogens is 220 g/mol. The Labute approximate surface area is 110 Å². The Morgan fingerprint density at radius 1 is 1.17 bits per heavy atom. The molecule has 0 bridgehead atoms. The van der Waals surface area contributed by atoms with Crippen LogP contribution in [0.1, 0.15) is 31.0 Å². The van der Waals surface area contributed by atoms with Crippen LogP contribution >= 0.6 is 0 Å². The van der Waals surface area contributed by atoms with Crippen molar-refractivity contribution in [1.29, 1.82) is 0 Å². The predicted molar refractivity (Wildman–Crippen MR) is 75.7 cm³/mol. The number of nitrogens with zero attached hydrogens (tertiary/aromatic N) is 1. The molecule has 1 aromatic rings. The van der Waals surface area contributed by atoms with Crippen LogP contribution in [0.3, 0.4) is 0 Å². The van der Waals surface area contributed by atoms with E-state index in [2.05, 4.69) is 48.3 Å². The van der Waals surface area contributed by atoms with Gasteiger partial charge < -0.3 is 10.2 Å². The molecule has 2 aliphatic heterocycles. The lowest BCUT2D eigenvalue weighted by molar-refractivity contribution is 0.277. The number of likely N-dealkylation sites (tertiary alicyclic amines) is 1. The molecule has 2 aliphatic rings. The minimum atomic E-state index is 0.535. The molecule has 3 atom stereocenters. The average molecular weight is 244 g/mol. The van der Waals surface area contributed by atoms with Gasteiger partial charge in [0.05, 0.1) is 0 Å². The summed E-state index contributed by atoms with van der Waals surface area (Å²) < 4.78 is 0. The SMILES string of the molecule is CC1CN(CC2NCCc3ccccc32)CC1C. The highest BCUT2D eigenvalue weighted by atomic mass is 15.2. The highest BCUT2D eigenvalue weighted by Crippen LogP contribution is 2.27. The van der Waals surface area contributed by atoms with Gasteiger partial charge in [-0.2, -0.15) is 0 Å². The molecule has 2 heterocycles. The predicted octanol–water partition coefficient (Wildman–Crippen LogP) is 2.46. The summed E-state index contributed by atoms with van der Waals surface area (Å²) in [5.74, 6) is 1.70. The molecule has 1 aromatic carbocycles. The second-order valence-electron chi connectivity index (χ2n) is 6.13. The lowest BCUT2D eigenvalue weighted by Crippen LogP contribution is -2.38. The Morgan fingerprint density at radius 2 is 1.89 bits per heavy atom. The minimum absolute atomic E-state index is 0.535. The molecule has 98 valence electrons. The van der Waals surface area contributed by atoms with Crippen LogP contribution < -0.4 is 5.32 Å². The Kier molecular flexibility index (Phi) is 3.40. The first-order valence-electron chi connectivity index (χ1n) is 7.27. The summed E-state index contributed by atoms with van der Waals surface area (Å²) in [6.45, 7) is 9.59. The zero-order valence-corrected chi connectivity index (χ0v) is 11.5. The zero-order valence-electron chi connectivity index (χ0n) is 11.5. The lowest BCUT2D eigenvalue weighted by Gasteiger charge is -2.30. The monoisotopic (exact) mass is 244 g/mol. The third kappa shape index (κ3) is 2.32. The van der Waals surface area contributed by atoms with Crippen LogP contribution in [-0.2, 0) is 6.42 Å². The highest BCUT2D eigenvalue weighted by molar-refractivity contribution is 5.32. The van der Waals surface area contributed by atoms with Gasteiger partial charge in [0.25, 0.3) is 0 Å². The van der Waals surface area contributed by atoms with Crippen molar-refractivity contribution in [3.63, 3.8) is 0 Å². The van der Waals surface area contributed by atoms with E-state index in [1.54, 1.807) is 5.56 Å². The summed E-state index contributed by atoms with van der Waals surface area (Å²) in [5.41, 5.74) is 3.07. The van der Waals surface area contributed by atoms with Gasteiger partial charge in [-0.25, -0.2) is 0 Å². The quantitative estimate of drug-likeness (QED) is 0.859. The molecule has 0 amide bonds. The van der Waals surface area contributed by atoms with Gasteiger partial charge in [0.2, 0.25) is 0 Å². The van der Waals surface area contributed by atoms with E-state index in [0.29, 0.717) is 6.04 Å². The van der Waals surface area contributed by atoms with Crippen molar-refractivity contribution in [3.05, 3.63) is 35.4 Å². The second kappa shape index (κ2) is 5.02. The van der Waals surface area contributed by atoms with Gasteiger partial charge in [0, 0.05) is 25.7 Å². The summed E-state index contributed by atoms with van der Waals surface area (Å²) in [5, 5.41) is 3.69. The van der Waals surface area contributed by atoms with Gasteiger partial charge in [-0.3, -0.25) is 0 Å². The summed E-state index contributed by atoms with van der Waals surface area (Å²) in [7, 11) is 0. The van der Waals surface area contributed by atoms with Gasteiger partial charge in [0.1, 0.15) is 0 Å². The van der Waals surface area contributed by atoms with Crippen LogP contribution in [0.2, 0.25) is 0 Å². The van der Waals surface area contributed by atoms with E-state index in [-0.39, 0.29) is 0 Å². The Bertz CT molecular complexity index is 405. The number of hydrogen-bond donors (Lipinski definition) is 1. The fourth-order valence-corrected chi connectivity index (χ4v) is 3.41. The normalized spacial score (nSPS) is 32.4. The molecule has 3 unspecified atom stereocenters. The summed E-state index contributed by atoms with van der Waals surface area (Å²) in [4.78, 5) is 2.63. The number of benzene rings is 1. The average Bonchev–Trinajstić information content (AvgIpc) is 2.69. The molecule has 0 aliphatic carbocycles. The first-order chi connectivity index (χ1) is 8.74. The highest BCUT2D eigenvalue weighted by Gasteiger charge is 2.29. The molecule has 18 heavy (non-hydrogen) atoms. The molecule has 1 fully saturated rings. The molecule has 3 rings (SSSR count). The van der Waals surface area contributed by atoms with Crippen molar-refractivity contribution >= 4 is 0 Å². The number of rotatable bonds is 2. The van der Waals surface area contributed by atoms with Crippen molar-refractivity contribution in [1.82, 2.24) is 10.2 Å². The second-order valence-corrected chi connectivity index (χ2v) is 6.13. The molecule has 2 nitrogen and oxygen atoms in total. The largest absolute Gasteiger partial charge is 0.309 e. The molecule has 0 aromatic heterocycles. The Hall–Kier alpha value is -0.860. The molecule has 0 saturated carbocycles. The standard InChI is InChI=1S/C16H24N2/c1-12-9-18(10-13(12)2)11-16-15-6-4-3-5-14(15)7-8-17-16/h3-6,12-13,16-17H,7-11H2,1-2H3. The van der Waals surface area contributed by atoms with E-state index in [9.17, 15) is 0 Å². The van der Waals surface area contributed by atoms with Gasteiger partial charge >= 0.3 is 0 Å². The fourth-order valence-electron chi connectivity index (χ4n) is 3.41. The zero-order chi connectivity index (χ0) is 12.5. The molecule has 1 N–H and O–H groups in total. The van der Waals surface area contributed by atoms with E-state index >= 15 is 0 Å². The van der Waals surface area contributed by atoms with Gasteiger partial charge in [0.15, 0.2) is 0 Å². The summed E-state index contributed by atoms with van der Waals surface area (Å²) in [6.07, 6.45) is 1.18. The fraction of sp³-hybridized carbons (Fsp3) is 0.625. The first-order valence-corrected chi connectivity index (χ1v) is 7.27. The van der Waals surface area contributed by atoms with Crippen molar-refractivity contribution in [2.24, 2.45) is 11.8 Å². The van der Waals surface area contributed by atoms with E-state index < -0.39 is 0 Å². The number of nitrogens with one attached hydrogen (secondary N) is 1. The molecule has 2 heteroatoms. The number of hydrogen-bond acceptors (Lipinski definition) is 2. The molecule has 1 saturated heterocycles. The maximum absolute atomic E-state index is 3.69. The third-order valence-corrected chi connectivity index (χ3v) is 4.72. The Balaban J connectivity index is 1.71. The van der Waals surface area contributed by atoms with Crippen LogP contribution in [0.15, 0.2) is 24.3 Å². The summed E-state index contributed by atoms with van der Waals surface area (Å²) in [6, 6.07) is 9.47. The van der Waals surface area contributed by atoms with Crippen molar-refractivity contribution < 1.29 is 0 Å². The van der Waals surface area contributed by atoms with Gasteiger partial charge in [-0.05, 0) is 35.9 Å². The van der Waals surface area contributed by atoms with Crippen LogP contribution in [0, 0.1) is 11.8 Å². The molecular formula is C16H24N2. The lowest BCUT2D eigenvalue weighted by atomic mass is 9.94. The van der Waals surface area contributed by atoms with E-state index in [1.165, 1.54) is 31.6 Å².